The molecule has 0 fully saturated rings. The summed E-state index contributed by atoms with van der Waals surface area (Å²) in [5, 5.41) is 2.74. The SMILES string of the molecule is CCCc1ccc(C(=O)Nc2ccc(S(=O)(=O)NCC(=O)OC(C)(C)C)cc2)cc1. The monoisotopic (exact) mass is 432 g/mol. The number of carbonyl (C=O) groups excluding carboxylic acids is 2. The molecule has 0 atom stereocenters. The molecule has 0 heterocycles. The summed E-state index contributed by atoms with van der Waals surface area (Å²) in [6, 6.07) is 13.1. The summed E-state index contributed by atoms with van der Waals surface area (Å²) in [6.45, 7) is 6.73. The molecule has 0 saturated heterocycles. The van der Waals surface area contributed by atoms with Gasteiger partial charge in [0.05, 0.1) is 4.90 Å². The number of rotatable bonds is 8. The molecule has 2 N–H and O–H groups in total. The zero-order valence-corrected chi connectivity index (χ0v) is 18.5. The van der Waals surface area contributed by atoms with Crippen LogP contribution in [0, 0.1) is 0 Å². The van der Waals surface area contributed by atoms with Gasteiger partial charge in [-0.25, -0.2) is 8.42 Å². The summed E-state index contributed by atoms with van der Waals surface area (Å²) < 4.78 is 32.0. The van der Waals surface area contributed by atoms with Crippen molar-refractivity contribution in [3.05, 3.63) is 59.7 Å². The predicted molar refractivity (Wildman–Crippen MR) is 116 cm³/mol. The van der Waals surface area contributed by atoms with Gasteiger partial charge in [-0.3, -0.25) is 9.59 Å². The second-order valence-electron chi connectivity index (χ2n) is 7.84. The standard InChI is InChI=1S/C22H28N2O5S/c1-5-6-16-7-9-17(10-8-16)21(26)24-18-11-13-19(14-12-18)30(27,28)23-15-20(25)29-22(2,3)4/h7-14,23H,5-6,15H2,1-4H3,(H,24,26). The van der Waals surface area contributed by atoms with Crippen LogP contribution in [0.4, 0.5) is 5.69 Å². The first kappa shape index (κ1) is 23.6. The number of ether oxygens (including phenoxy) is 1. The van der Waals surface area contributed by atoms with Crippen LogP contribution >= 0.6 is 0 Å². The number of hydrogen-bond donors (Lipinski definition) is 2. The topological polar surface area (TPSA) is 102 Å². The summed E-state index contributed by atoms with van der Waals surface area (Å²) in [5.74, 6) is -0.948. The Kier molecular flexibility index (Phi) is 7.75. The van der Waals surface area contributed by atoms with Crippen molar-refractivity contribution in [1.82, 2.24) is 4.72 Å². The number of aryl methyl sites for hydroxylation is 1. The van der Waals surface area contributed by atoms with E-state index in [1.54, 1.807) is 32.9 Å². The Bertz CT molecular complexity index is 976. The lowest BCUT2D eigenvalue weighted by atomic mass is 10.1. The highest BCUT2D eigenvalue weighted by Gasteiger charge is 2.20. The van der Waals surface area contributed by atoms with E-state index in [0.29, 0.717) is 11.3 Å². The minimum Gasteiger partial charge on any atom is -0.459 e. The van der Waals surface area contributed by atoms with Gasteiger partial charge in [0, 0.05) is 11.3 Å². The van der Waals surface area contributed by atoms with Crippen molar-refractivity contribution in [2.24, 2.45) is 0 Å². The number of carbonyl (C=O) groups is 2. The summed E-state index contributed by atoms with van der Waals surface area (Å²) >= 11 is 0. The lowest BCUT2D eigenvalue weighted by Crippen LogP contribution is -2.34. The van der Waals surface area contributed by atoms with Crippen molar-refractivity contribution >= 4 is 27.6 Å². The maximum atomic E-state index is 12.4. The fourth-order valence-corrected chi connectivity index (χ4v) is 3.62. The smallest absolute Gasteiger partial charge is 0.321 e. The molecule has 0 spiro atoms. The number of nitrogens with one attached hydrogen (secondary N) is 2. The van der Waals surface area contributed by atoms with E-state index in [-0.39, 0.29) is 10.8 Å². The quantitative estimate of drug-likeness (QED) is 0.622. The first-order valence-electron chi connectivity index (χ1n) is 9.72. The molecule has 162 valence electrons. The molecule has 0 bridgehead atoms. The molecule has 7 nitrogen and oxygen atoms in total. The average molecular weight is 433 g/mol. The van der Waals surface area contributed by atoms with Gasteiger partial charge in [0.2, 0.25) is 10.0 Å². The van der Waals surface area contributed by atoms with E-state index in [1.165, 1.54) is 29.8 Å². The van der Waals surface area contributed by atoms with Gasteiger partial charge in [-0.1, -0.05) is 25.5 Å². The van der Waals surface area contributed by atoms with Gasteiger partial charge in [0.1, 0.15) is 12.1 Å². The Morgan fingerprint density at radius 3 is 2.10 bits per heavy atom. The third-order valence-corrected chi connectivity index (χ3v) is 5.42. The van der Waals surface area contributed by atoms with Crippen molar-refractivity contribution in [3.8, 4) is 0 Å². The molecule has 1 amide bonds. The van der Waals surface area contributed by atoms with Crippen molar-refractivity contribution in [2.45, 2.75) is 51.0 Å². The molecule has 30 heavy (non-hydrogen) atoms. The minimum atomic E-state index is -3.88. The Morgan fingerprint density at radius 1 is 0.967 bits per heavy atom. The van der Waals surface area contributed by atoms with Crippen molar-refractivity contribution < 1.29 is 22.7 Å². The molecule has 0 aromatic heterocycles. The van der Waals surface area contributed by atoms with Crippen LogP contribution in [-0.4, -0.2) is 32.4 Å². The van der Waals surface area contributed by atoms with E-state index < -0.39 is 28.1 Å². The van der Waals surface area contributed by atoms with Gasteiger partial charge in [-0.2, -0.15) is 4.72 Å². The molecule has 8 heteroatoms. The summed E-state index contributed by atoms with van der Waals surface area (Å²) in [7, 11) is -3.88. The van der Waals surface area contributed by atoms with E-state index in [1.807, 2.05) is 12.1 Å². The van der Waals surface area contributed by atoms with Crippen LogP contribution in [0.3, 0.4) is 0 Å². The molecule has 0 aliphatic carbocycles. The first-order chi connectivity index (χ1) is 14.0. The largest absolute Gasteiger partial charge is 0.459 e. The molecule has 2 rings (SSSR count). The third-order valence-electron chi connectivity index (χ3n) is 4.00. The number of amides is 1. The molecular weight excluding hydrogens is 404 g/mol. The highest BCUT2D eigenvalue weighted by Crippen LogP contribution is 2.16. The fraction of sp³-hybridized carbons (Fsp3) is 0.364. The van der Waals surface area contributed by atoms with Crippen LogP contribution in [-0.2, 0) is 26.0 Å². The fourth-order valence-electron chi connectivity index (χ4n) is 2.65. The van der Waals surface area contributed by atoms with E-state index in [4.69, 9.17) is 4.74 Å². The molecule has 0 aliphatic heterocycles. The summed E-state index contributed by atoms with van der Waals surface area (Å²) in [5.41, 5.74) is 1.45. The van der Waals surface area contributed by atoms with Gasteiger partial charge < -0.3 is 10.1 Å². The van der Waals surface area contributed by atoms with E-state index in [0.717, 1.165) is 12.8 Å². The molecule has 2 aromatic rings. The maximum Gasteiger partial charge on any atom is 0.321 e. The lowest BCUT2D eigenvalue weighted by molar-refractivity contribution is -0.153. The molecule has 0 unspecified atom stereocenters. The number of sulfonamides is 1. The number of benzene rings is 2. The van der Waals surface area contributed by atoms with E-state index in [9.17, 15) is 18.0 Å². The molecule has 0 saturated carbocycles. The van der Waals surface area contributed by atoms with E-state index >= 15 is 0 Å². The van der Waals surface area contributed by atoms with Crippen LogP contribution in [0.25, 0.3) is 0 Å². The predicted octanol–water partition coefficient (Wildman–Crippen LogP) is 3.51. The van der Waals surface area contributed by atoms with Gasteiger partial charge >= 0.3 is 5.97 Å². The molecule has 0 radical (unpaired) electrons. The molecular formula is C22H28N2O5S. The zero-order valence-electron chi connectivity index (χ0n) is 17.7. The van der Waals surface area contributed by atoms with Gasteiger partial charge in [0.25, 0.3) is 5.91 Å². The average Bonchev–Trinajstić information content (AvgIpc) is 2.66. The highest BCUT2D eigenvalue weighted by atomic mass is 32.2. The number of esters is 1. The Labute approximate surface area is 177 Å². The second-order valence-corrected chi connectivity index (χ2v) is 9.60. The van der Waals surface area contributed by atoms with Crippen LogP contribution < -0.4 is 10.0 Å². The minimum absolute atomic E-state index is 0.0204. The Hall–Kier alpha value is -2.71. The summed E-state index contributed by atoms with van der Waals surface area (Å²) in [4.78, 5) is 24.1. The Morgan fingerprint density at radius 2 is 1.57 bits per heavy atom. The van der Waals surface area contributed by atoms with E-state index in [2.05, 4.69) is 17.0 Å². The van der Waals surface area contributed by atoms with Gasteiger partial charge in [-0.05, 0) is 69.2 Å². The number of anilines is 1. The normalized spacial score (nSPS) is 11.7. The molecule has 2 aromatic carbocycles. The summed E-state index contributed by atoms with van der Waals surface area (Å²) in [6.07, 6.45) is 1.99. The molecule has 0 aliphatic rings. The first-order valence-corrected chi connectivity index (χ1v) is 11.2. The number of hydrogen-bond acceptors (Lipinski definition) is 5. The van der Waals surface area contributed by atoms with Crippen LogP contribution in [0.2, 0.25) is 0 Å². The van der Waals surface area contributed by atoms with Crippen LogP contribution in [0.1, 0.15) is 50.0 Å². The zero-order chi connectivity index (χ0) is 22.4. The van der Waals surface area contributed by atoms with Crippen LogP contribution in [0.15, 0.2) is 53.4 Å². The van der Waals surface area contributed by atoms with Crippen molar-refractivity contribution in [2.75, 3.05) is 11.9 Å². The highest BCUT2D eigenvalue weighted by molar-refractivity contribution is 7.89. The third kappa shape index (κ3) is 7.27. The van der Waals surface area contributed by atoms with Gasteiger partial charge in [0.15, 0.2) is 0 Å². The van der Waals surface area contributed by atoms with Crippen molar-refractivity contribution in [3.63, 3.8) is 0 Å². The lowest BCUT2D eigenvalue weighted by Gasteiger charge is -2.19. The Balaban J connectivity index is 1.98. The second kappa shape index (κ2) is 9.86. The van der Waals surface area contributed by atoms with Crippen molar-refractivity contribution in [1.29, 1.82) is 0 Å². The van der Waals surface area contributed by atoms with Crippen LogP contribution in [0.5, 0.6) is 0 Å². The van der Waals surface area contributed by atoms with Gasteiger partial charge in [-0.15, -0.1) is 0 Å². The maximum absolute atomic E-state index is 12.4.